The first-order valence-electron chi connectivity index (χ1n) is 14.3. The molecule has 7 N–H and O–H groups in total. The minimum absolute atomic E-state index is 0. The molecule has 1 aliphatic heterocycles. The molecule has 0 aliphatic carbocycles. The van der Waals surface area contributed by atoms with Crippen LogP contribution in [-0.4, -0.2) is 52.8 Å². The molecular weight excluding hydrogens is 572 g/mol. The van der Waals surface area contributed by atoms with Crippen LogP contribution >= 0.6 is 12.4 Å². The third-order valence-corrected chi connectivity index (χ3v) is 7.42. The van der Waals surface area contributed by atoms with Crippen molar-refractivity contribution in [2.45, 2.75) is 89.8 Å². The van der Waals surface area contributed by atoms with Gasteiger partial charge < -0.3 is 26.7 Å². The highest BCUT2D eigenvalue weighted by Gasteiger charge is 2.27. The van der Waals surface area contributed by atoms with Crippen molar-refractivity contribution >= 4 is 63.9 Å². The van der Waals surface area contributed by atoms with Crippen molar-refractivity contribution in [2.24, 2.45) is 5.73 Å². The molecule has 0 radical (unpaired) electrons. The summed E-state index contributed by atoms with van der Waals surface area (Å²) in [6.45, 7) is 3.37. The molecule has 0 fully saturated rings. The number of halogens is 1. The number of rotatable bonds is 6. The van der Waals surface area contributed by atoms with Gasteiger partial charge in [-0.3, -0.25) is 19.8 Å². The van der Waals surface area contributed by atoms with E-state index in [1.54, 1.807) is 0 Å². The zero-order valence-electron chi connectivity index (χ0n) is 24.6. The lowest BCUT2D eigenvalue weighted by atomic mass is 9.99. The van der Waals surface area contributed by atoms with Crippen molar-refractivity contribution in [3.8, 4) is 0 Å². The van der Waals surface area contributed by atoms with Crippen LogP contribution in [0.25, 0.3) is 21.8 Å². The van der Waals surface area contributed by atoms with E-state index in [0.717, 1.165) is 53.1 Å². The van der Waals surface area contributed by atoms with Gasteiger partial charge in [-0.1, -0.05) is 25.0 Å². The molecule has 11 nitrogen and oxygen atoms in total. The Kier molecular flexibility index (Phi) is 13.9. The molecule has 4 rings (SSSR count). The highest BCUT2D eigenvalue weighted by atomic mass is 35.5. The second kappa shape index (κ2) is 17.0. The first kappa shape index (κ1) is 35.0. The van der Waals surface area contributed by atoms with Crippen molar-refractivity contribution in [3.63, 3.8) is 0 Å². The number of aromatic amines is 1. The third kappa shape index (κ3) is 10.5. The molecule has 12 heteroatoms. The molecule has 0 saturated carbocycles. The first-order chi connectivity index (χ1) is 20.1. The fraction of sp³-hybridized carbons (Fsp3) is 0.452. The van der Waals surface area contributed by atoms with Crippen LogP contribution in [0.1, 0.15) is 69.9 Å². The van der Waals surface area contributed by atoms with Gasteiger partial charge in [-0.2, -0.15) is 9.59 Å². The Balaban J connectivity index is 0.00000155. The Labute approximate surface area is 257 Å². The summed E-state index contributed by atoms with van der Waals surface area (Å²) < 4.78 is 0. The standard InChI is InChI=1S/C30H40N6O3.CO2.ClH/c1-18-7-3-4-8-20-11-13-24-22(15-20)23-16-21(12-14-25(23)35-24)17-27(34-19(2)37)30(39)36-26(29(38)33-18)9-5-6-10-28(31)32;2-1-3;/h11-16,18,26-27,35H,3-10,17H2,1-2H3,(H3,31,32)(H,33,38)(H,34,37)(H,36,39);;1H/t18-,26+,27?;;/m1../s1. The summed E-state index contributed by atoms with van der Waals surface area (Å²) in [5, 5.41) is 18.4. The number of carbonyl (C=O) groups excluding carboxylic acids is 5. The molecule has 0 spiro atoms. The highest BCUT2D eigenvalue weighted by Crippen LogP contribution is 2.28. The van der Waals surface area contributed by atoms with Crippen LogP contribution < -0.4 is 21.7 Å². The summed E-state index contributed by atoms with van der Waals surface area (Å²) in [7, 11) is 0. The lowest BCUT2D eigenvalue weighted by Crippen LogP contribution is -2.55. The predicted octanol–water partition coefficient (Wildman–Crippen LogP) is 3.42. The van der Waals surface area contributed by atoms with E-state index in [-0.39, 0.29) is 42.3 Å². The van der Waals surface area contributed by atoms with Gasteiger partial charge in [0.1, 0.15) is 12.1 Å². The summed E-state index contributed by atoms with van der Waals surface area (Å²) in [5.74, 6) is -0.834. The lowest BCUT2D eigenvalue weighted by Gasteiger charge is -2.24. The van der Waals surface area contributed by atoms with E-state index in [1.165, 1.54) is 12.5 Å². The Morgan fingerprint density at radius 1 is 1.00 bits per heavy atom. The molecule has 1 aliphatic rings. The van der Waals surface area contributed by atoms with Crippen LogP contribution in [0.15, 0.2) is 36.4 Å². The largest absolute Gasteiger partial charge is 0.388 e. The Morgan fingerprint density at radius 3 is 2.26 bits per heavy atom. The minimum Gasteiger partial charge on any atom is -0.388 e. The molecule has 2 aromatic carbocycles. The SMILES string of the molecule is CC(=O)NC1Cc2ccc3[nH]c4ccc(cc4c3c2)CCCC[C@@H](C)NC(=O)[C@H](CCCCC(=N)N)NC1=O.Cl.O=C=O. The lowest BCUT2D eigenvalue weighted by molar-refractivity contribution is -0.191. The van der Waals surface area contributed by atoms with Crippen LogP contribution in [-0.2, 0) is 36.8 Å². The van der Waals surface area contributed by atoms with Gasteiger partial charge in [0.25, 0.3) is 0 Å². The van der Waals surface area contributed by atoms with Crippen LogP contribution in [0.5, 0.6) is 0 Å². The fourth-order valence-electron chi connectivity index (χ4n) is 5.36. The van der Waals surface area contributed by atoms with Gasteiger partial charge >= 0.3 is 6.15 Å². The Morgan fingerprint density at radius 2 is 1.63 bits per heavy atom. The molecule has 43 heavy (non-hydrogen) atoms. The van der Waals surface area contributed by atoms with Crippen molar-refractivity contribution in [1.29, 1.82) is 5.41 Å². The first-order valence-corrected chi connectivity index (χ1v) is 14.3. The van der Waals surface area contributed by atoms with Crippen molar-refractivity contribution in [2.75, 3.05) is 0 Å². The van der Waals surface area contributed by atoms with E-state index in [1.807, 2.05) is 19.1 Å². The summed E-state index contributed by atoms with van der Waals surface area (Å²) in [5.41, 5.74) is 9.76. The minimum atomic E-state index is -0.829. The highest BCUT2D eigenvalue weighted by molar-refractivity contribution is 6.07. The van der Waals surface area contributed by atoms with Gasteiger partial charge in [-0.15, -0.1) is 12.4 Å². The second-order valence-electron chi connectivity index (χ2n) is 10.9. The van der Waals surface area contributed by atoms with Crippen LogP contribution in [0, 0.1) is 5.41 Å². The van der Waals surface area contributed by atoms with Gasteiger partial charge in [0.15, 0.2) is 0 Å². The Hall–Kier alpha value is -4.21. The normalized spacial score (nSPS) is 19.3. The number of nitrogens with one attached hydrogen (secondary N) is 5. The number of nitrogens with two attached hydrogens (primary N) is 1. The summed E-state index contributed by atoms with van der Waals surface area (Å²) in [6.07, 6.45) is 6.49. The number of amidine groups is 1. The number of fused-ring (bicyclic) bond motifs is 2. The summed E-state index contributed by atoms with van der Waals surface area (Å²) >= 11 is 0. The summed E-state index contributed by atoms with van der Waals surface area (Å²) in [4.78, 5) is 58.5. The molecule has 3 amide bonds. The maximum atomic E-state index is 13.5. The van der Waals surface area contributed by atoms with Gasteiger partial charge in [0.2, 0.25) is 17.7 Å². The summed E-state index contributed by atoms with van der Waals surface area (Å²) in [6, 6.07) is 11.0. The molecule has 3 atom stereocenters. The van der Waals surface area contributed by atoms with Gasteiger partial charge in [0, 0.05) is 47.6 Å². The number of hydrogen-bond donors (Lipinski definition) is 6. The average Bonchev–Trinajstić information content (AvgIpc) is 3.29. The number of H-pyrrole nitrogens is 1. The zero-order valence-corrected chi connectivity index (χ0v) is 25.4. The number of hydrogen-bond acceptors (Lipinski definition) is 6. The second-order valence-corrected chi connectivity index (χ2v) is 10.9. The molecule has 1 aromatic heterocycles. The van der Waals surface area contributed by atoms with E-state index < -0.39 is 18.0 Å². The number of unbranched alkanes of at least 4 members (excludes halogenated alkanes) is 1. The van der Waals surface area contributed by atoms with Gasteiger partial charge in [-0.25, -0.2) is 0 Å². The monoisotopic (exact) mass is 612 g/mol. The zero-order chi connectivity index (χ0) is 30.6. The van der Waals surface area contributed by atoms with E-state index in [4.69, 9.17) is 20.7 Å². The van der Waals surface area contributed by atoms with E-state index in [2.05, 4.69) is 45.2 Å². The van der Waals surface area contributed by atoms with E-state index >= 15 is 0 Å². The van der Waals surface area contributed by atoms with Crippen molar-refractivity contribution < 1.29 is 24.0 Å². The van der Waals surface area contributed by atoms with Crippen LogP contribution in [0.3, 0.4) is 0 Å². The molecule has 4 bridgehead atoms. The quantitative estimate of drug-likeness (QED) is 0.140. The van der Waals surface area contributed by atoms with Crippen molar-refractivity contribution in [3.05, 3.63) is 47.5 Å². The Bertz CT molecular complexity index is 1470. The molecule has 0 saturated heterocycles. The maximum absolute atomic E-state index is 13.5. The third-order valence-electron chi connectivity index (χ3n) is 7.42. The molecule has 3 aromatic rings. The molecule has 1 unspecified atom stereocenters. The smallest absolute Gasteiger partial charge is 0.373 e. The molecule has 2 heterocycles. The van der Waals surface area contributed by atoms with Gasteiger partial charge in [0.05, 0.1) is 5.84 Å². The molecular formula is C31H41ClN6O5. The number of benzene rings is 2. The van der Waals surface area contributed by atoms with Crippen LogP contribution in [0.2, 0.25) is 0 Å². The predicted molar refractivity (Wildman–Crippen MR) is 167 cm³/mol. The molecule has 232 valence electrons. The van der Waals surface area contributed by atoms with Gasteiger partial charge in [-0.05, 0) is 74.4 Å². The topological polar surface area (TPSA) is 187 Å². The maximum Gasteiger partial charge on any atom is 0.373 e. The van der Waals surface area contributed by atoms with Crippen molar-refractivity contribution in [1.82, 2.24) is 20.9 Å². The number of aromatic nitrogens is 1. The number of carbonyl (C=O) groups is 3. The number of amides is 3. The van der Waals surface area contributed by atoms with E-state index in [0.29, 0.717) is 32.1 Å². The fourth-order valence-corrected chi connectivity index (χ4v) is 5.36. The average molecular weight is 613 g/mol. The number of aryl methyl sites for hydroxylation is 1. The van der Waals surface area contributed by atoms with E-state index in [9.17, 15) is 14.4 Å². The van der Waals surface area contributed by atoms with Crippen LogP contribution in [0.4, 0.5) is 0 Å².